The van der Waals surface area contributed by atoms with E-state index in [0.29, 0.717) is 84.4 Å². The van der Waals surface area contributed by atoms with Gasteiger partial charge >= 0.3 is 41.8 Å². The molecule has 122 heavy (non-hydrogen) atoms. The van der Waals surface area contributed by atoms with E-state index in [1.165, 1.54) is 24.5 Å². The summed E-state index contributed by atoms with van der Waals surface area (Å²) in [5.41, 5.74) is 9.08. The minimum absolute atomic E-state index is 0. The molecule has 0 saturated heterocycles. The van der Waals surface area contributed by atoms with Crippen molar-refractivity contribution in [2.45, 2.75) is 298 Å². The Kier molecular flexibility index (Phi) is 234. The largest absolute Gasteiger partial charge is 1.00 e. The highest BCUT2D eigenvalue weighted by Crippen LogP contribution is 2.05. The van der Waals surface area contributed by atoms with Crippen LogP contribution in [0.2, 0.25) is 0 Å². The van der Waals surface area contributed by atoms with Gasteiger partial charge in [0.15, 0.2) is 0 Å². The molecule has 31 nitrogen and oxygen atoms in total. The maximum Gasteiger partial charge on any atom is 0.317 e. The van der Waals surface area contributed by atoms with Gasteiger partial charge in [-0.25, -0.2) is 4.21 Å². The number of halogens is 8. The number of carboxylic acid groups (broad SMARTS) is 3. The van der Waals surface area contributed by atoms with Crippen LogP contribution in [0.15, 0.2) is 0 Å². The Morgan fingerprint density at radius 3 is 0.598 bits per heavy atom. The summed E-state index contributed by atoms with van der Waals surface area (Å²) in [5, 5.41) is 32.8. The molecule has 0 aliphatic carbocycles. The Labute approximate surface area is 791 Å². The predicted molar refractivity (Wildman–Crippen MR) is 495 cm³/mol. The molecule has 0 saturated carbocycles. The Morgan fingerprint density at radius 1 is 0.361 bits per heavy atom. The van der Waals surface area contributed by atoms with Crippen molar-refractivity contribution in [3.05, 3.63) is 0 Å². The second kappa shape index (κ2) is 155. The third-order valence-electron chi connectivity index (χ3n) is 13.3. The minimum Gasteiger partial charge on any atom is -1.00 e. The molecular weight excluding hydrogens is 1780 g/mol. The van der Waals surface area contributed by atoms with Crippen molar-refractivity contribution in [1.29, 1.82) is 0 Å². The summed E-state index contributed by atoms with van der Waals surface area (Å²) in [7, 11) is 34.0. The van der Waals surface area contributed by atoms with Crippen LogP contribution in [0.4, 0.5) is 0 Å². The van der Waals surface area contributed by atoms with Gasteiger partial charge in [0.1, 0.15) is 72.3 Å². The normalized spacial score (nSPS) is 8.97. The Hall–Kier alpha value is -2.91. The minimum atomic E-state index is -1.67. The third-order valence-corrected chi connectivity index (χ3v) is 13.7. The summed E-state index contributed by atoms with van der Waals surface area (Å²) >= 11 is 10.1. The first-order chi connectivity index (χ1) is 51.5. The molecule has 0 heterocycles. The van der Waals surface area contributed by atoms with E-state index in [1.54, 1.807) is 0 Å². The molecule has 0 aliphatic rings. The zero-order valence-corrected chi connectivity index (χ0v) is 82.7. The first kappa shape index (κ1) is 184. The zero-order chi connectivity index (χ0) is 87.8. The third kappa shape index (κ3) is 280. The van der Waals surface area contributed by atoms with Gasteiger partial charge in [-0.05, 0) is 74.6 Å². The highest BCUT2D eigenvalue weighted by molar-refractivity contribution is 8.26. The highest BCUT2D eigenvalue weighted by atomic mass is 36.0. The summed E-state index contributed by atoms with van der Waals surface area (Å²) in [6.07, 6.45) is 29.8. The van der Waals surface area contributed by atoms with Crippen molar-refractivity contribution >= 4 is 124 Å². The van der Waals surface area contributed by atoms with Crippen LogP contribution in [-0.4, -0.2) is 282 Å². The number of nitrogens with two attached hydrogens (primary N) is 2. The summed E-state index contributed by atoms with van der Waals surface area (Å²) in [5.74, 6) is -3.10. The molecule has 760 valence electrons. The Balaban J connectivity index is -0.0000000392. The molecule has 0 fully saturated rings. The number of likely N-dealkylation sites (N-methyl/N-ethyl adjacent to an activating group) is 6. The van der Waals surface area contributed by atoms with Crippen molar-refractivity contribution < 1.29 is 179 Å². The number of nitrogens with zero attached hydrogens (tertiary/aromatic N) is 1. The van der Waals surface area contributed by atoms with Crippen LogP contribution in [0, 0.1) is 0 Å². The number of carboxylic acids is 3. The van der Waals surface area contributed by atoms with Crippen LogP contribution in [0.25, 0.3) is 0 Å². The van der Waals surface area contributed by atoms with Crippen molar-refractivity contribution in [1.82, 2.24) is 0 Å². The molecule has 0 rings (SSSR count). The van der Waals surface area contributed by atoms with Crippen LogP contribution < -0.4 is 78.3 Å². The number of carbonyl (C=O) groups excluding carboxylic acids is 8. The van der Waals surface area contributed by atoms with E-state index in [9.17, 15) is 43.2 Å². The molecule has 16 N–H and O–H groups in total. The molecule has 0 aromatic rings. The van der Waals surface area contributed by atoms with E-state index in [0.717, 1.165) is 198 Å². The van der Waals surface area contributed by atoms with E-state index >= 15 is 0 Å². The van der Waals surface area contributed by atoms with Gasteiger partial charge in [-0.2, -0.15) is 0 Å². The SMILES string of the molecule is C.C.C.C.C.CCCCCC(=O)Cl.CCCCCC(=O)Cl.CCCCCC(=O)O.CCCCCC(=O)OCC[NH+](C)C.CCCCCC(=O)OCC[NH+](C)C.CCCCCC(=O)OCC[NH+](C)C.CCCCCC(=O)OCC[NH+](C)C.CCCCCC(=O)OCC[NH+](C)C.C[N+](C)(C)CCO.Cl.NCC(=O)O.NCC(=O)[O-].O.O=S(Cl)Cl.[Cl-].[Cl-].[Cl-].[OH-].[OH-]. The van der Waals surface area contributed by atoms with E-state index in [2.05, 4.69) is 109 Å². The zero-order valence-electron chi connectivity index (χ0n) is 75.8. The summed E-state index contributed by atoms with van der Waals surface area (Å²) in [4.78, 5) is 110. The molecule has 0 spiro atoms. The second-order valence-corrected chi connectivity index (χ2v) is 31.1. The number of nitrogens with one attached hydrogen (secondary N) is 5. The molecular formula is C82H192Cl8N8O23S. The number of aliphatic hydroxyl groups is 1. The molecule has 0 aromatic carbocycles. The number of quaternary nitrogens is 6. The van der Waals surface area contributed by atoms with Crippen LogP contribution in [0.3, 0.4) is 0 Å². The average molecular weight is 1970 g/mol. The summed E-state index contributed by atoms with van der Waals surface area (Å²) < 4.78 is 35.1. The van der Waals surface area contributed by atoms with E-state index in [4.69, 9.17) is 76.3 Å². The van der Waals surface area contributed by atoms with Crippen LogP contribution >= 0.6 is 57.0 Å². The standard InChI is InChI=1S/5C10H21NO2.2C6H11ClO.C6H12O2.C5H14NO.2C2H5NO2.5CH4.Cl2OS.4ClH.3H2O/c5*1-4-5-6-7-10(12)13-9-8-11(2)3;3*1-2-3-4-5-6(7)8;1-6(2,3)4-5-7;2*3-1-2(4)5;;;;;;1-4(2)3;;;;;;;/h5*4-9H2,1-3H3;2*2-5H2,1H3;2-5H2,1H3,(H,7,8);7H,4-5H2,1-3H3;2*1,3H2,(H,4,5);5*1H4;;4*1H;3*1H2/q;;;;;;;;+1;;;;;;;;;;;;;;;/p-1. The van der Waals surface area contributed by atoms with Crippen molar-refractivity contribution in [2.75, 3.05) is 184 Å². The number of unbranched alkanes of at least 4 members (excludes halogenated alkanes) is 16. The van der Waals surface area contributed by atoms with E-state index in [1.807, 2.05) is 70.5 Å². The molecule has 0 aliphatic heterocycles. The molecule has 40 heteroatoms. The van der Waals surface area contributed by atoms with Gasteiger partial charge in [0, 0.05) is 79.3 Å². The number of aliphatic hydroxyl groups excluding tert-OH is 1. The van der Waals surface area contributed by atoms with Crippen molar-refractivity contribution in [3.8, 4) is 0 Å². The lowest BCUT2D eigenvalue weighted by atomic mass is 10.2. The molecule has 0 aromatic heterocycles. The fourth-order valence-electron chi connectivity index (χ4n) is 6.66. The predicted octanol–water partition coefficient (Wildman–Crippen LogP) is -1.52. The molecule has 0 unspecified atom stereocenters. The van der Waals surface area contributed by atoms with Gasteiger partial charge in [0.05, 0.1) is 111 Å². The number of hydrogen-bond donors (Lipinski definition) is 10. The van der Waals surface area contributed by atoms with Gasteiger partial charge in [-0.3, -0.25) is 43.2 Å². The average Bonchev–Trinajstić information content (AvgIpc) is 0.991. The molecule has 0 radical (unpaired) electrons. The smallest absolute Gasteiger partial charge is 0.317 e. The van der Waals surface area contributed by atoms with Gasteiger partial charge in [0.2, 0.25) is 19.7 Å². The summed E-state index contributed by atoms with van der Waals surface area (Å²) in [6.45, 7) is 24.5. The van der Waals surface area contributed by atoms with Crippen molar-refractivity contribution in [2.24, 2.45) is 11.5 Å². The first-order valence-electron chi connectivity index (χ1n) is 39.8. The number of carbonyl (C=O) groups is 10. The van der Waals surface area contributed by atoms with Gasteiger partial charge in [-0.1, -0.05) is 195 Å². The summed E-state index contributed by atoms with van der Waals surface area (Å²) in [6, 6.07) is 0. The fraction of sp³-hybridized carbons (Fsp3) is 0.878. The van der Waals surface area contributed by atoms with Crippen LogP contribution in [0.5, 0.6) is 0 Å². The molecule has 0 amide bonds. The molecule has 0 bridgehead atoms. The van der Waals surface area contributed by atoms with Gasteiger partial charge in [-0.15, -0.1) is 12.4 Å². The first-order valence-corrected chi connectivity index (χ1v) is 43.3. The van der Waals surface area contributed by atoms with Crippen molar-refractivity contribution in [3.63, 3.8) is 0 Å². The van der Waals surface area contributed by atoms with E-state index < -0.39 is 27.1 Å². The number of ether oxygens (including phenoxy) is 5. The maximum absolute atomic E-state index is 11.1. The topological polar surface area (TPSA) is 483 Å². The van der Waals surface area contributed by atoms with Crippen LogP contribution in [0.1, 0.15) is 298 Å². The number of rotatable bonds is 51. The lowest BCUT2D eigenvalue weighted by molar-refractivity contribution is -0.870. The second-order valence-electron chi connectivity index (χ2n) is 27.7. The van der Waals surface area contributed by atoms with Crippen LogP contribution in [-0.2, 0) is 80.9 Å². The lowest BCUT2D eigenvalue weighted by Crippen LogP contribution is -3.06. The quantitative estimate of drug-likeness (QED) is 0.0109. The fourth-order valence-corrected chi connectivity index (χ4v) is 6.92. The number of aliphatic carboxylic acids is 3. The monoisotopic (exact) mass is 1970 g/mol. The Bertz CT molecular complexity index is 1820. The Morgan fingerprint density at radius 2 is 0.508 bits per heavy atom. The molecule has 0 atom stereocenters. The number of hydrogen-bond acceptors (Lipinski definition) is 22. The van der Waals surface area contributed by atoms with Gasteiger partial charge < -0.3 is 143 Å². The lowest BCUT2D eigenvalue weighted by Gasteiger charge is -2.21. The number of esters is 5. The maximum atomic E-state index is 11.1. The highest BCUT2D eigenvalue weighted by Gasteiger charge is 2.08. The van der Waals surface area contributed by atoms with Gasteiger partial charge in [0.25, 0.3) is 0 Å². The van der Waals surface area contributed by atoms with E-state index in [-0.39, 0.29) is 163 Å².